The maximum absolute atomic E-state index is 11.8. The Bertz CT molecular complexity index is 605. The highest BCUT2D eigenvalue weighted by Crippen LogP contribution is 2.16. The van der Waals surface area contributed by atoms with Gasteiger partial charge in [-0.3, -0.25) is 9.48 Å². The van der Waals surface area contributed by atoms with Crippen LogP contribution in [-0.4, -0.2) is 35.0 Å². The van der Waals surface area contributed by atoms with E-state index in [4.69, 9.17) is 9.47 Å². The van der Waals surface area contributed by atoms with Crippen LogP contribution in [0.25, 0.3) is 0 Å². The van der Waals surface area contributed by atoms with Crippen molar-refractivity contribution >= 4 is 5.91 Å². The highest BCUT2D eigenvalue weighted by Gasteiger charge is 2.15. The number of carbonyl (C=O) groups is 1. The molecule has 0 spiro atoms. The molecule has 0 saturated carbocycles. The molecule has 1 N–H and O–H groups in total. The minimum absolute atomic E-state index is 0.0626. The molecule has 6 nitrogen and oxygen atoms in total. The molecule has 1 amide bonds. The molecule has 1 aromatic heterocycles. The van der Waals surface area contributed by atoms with E-state index in [9.17, 15) is 4.79 Å². The molecule has 1 saturated heterocycles. The number of aromatic nitrogens is 2. The molecule has 2 heterocycles. The zero-order valence-corrected chi connectivity index (χ0v) is 13.0. The van der Waals surface area contributed by atoms with Crippen molar-refractivity contribution in [3.05, 3.63) is 48.3 Å². The van der Waals surface area contributed by atoms with Gasteiger partial charge in [0.25, 0.3) is 0 Å². The lowest BCUT2D eigenvalue weighted by atomic mass is 10.2. The summed E-state index contributed by atoms with van der Waals surface area (Å²) in [6, 6.07) is 9.55. The number of ether oxygens (including phenoxy) is 2. The molecule has 1 aliphatic heterocycles. The quantitative estimate of drug-likeness (QED) is 0.845. The van der Waals surface area contributed by atoms with Gasteiger partial charge in [-0.2, -0.15) is 5.10 Å². The van der Waals surface area contributed by atoms with Crippen LogP contribution in [0.3, 0.4) is 0 Å². The Kier molecular flexibility index (Phi) is 5.26. The average molecular weight is 315 g/mol. The van der Waals surface area contributed by atoms with Crippen LogP contribution in [-0.2, 0) is 22.6 Å². The zero-order chi connectivity index (χ0) is 15.9. The fourth-order valence-corrected chi connectivity index (χ4v) is 2.47. The summed E-state index contributed by atoms with van der Waals surface area (Å²) in [6.45, 7) is 2.16. The average Bonchev–Trinajstić information content (AvgIpc) is 3.25. The van der Waals surface area contributed by atoms with Gasteiger partial charge in [0.15, 0.2) is 0 Å². The number of benzene rings is 1. The second-order valence-electron chi connectivity index (χ2n) is 5.57. The Labute approximate surface area is 135 Å². The Morgan fingerprint density at radius 2 is 2.26 bits per heavy atom. The Morgan fingerprint density at radius 3 is 2.96 bits per heavy atom. The first-order chi connectivity index (χ1) is 11.3. The number of hydrogen-bond acceptors (Lipinski definition) is 4. The van der Waals surface area contributed by atoms with E-state index < -0.39 is 0 Å². The minimum Gasteiger partial charge on any atom is -0.491 e. The summed E-state index contributed by atoms with van der Waals surface area (Å²) in [5, 5.41) is 6.88. The number of nitrogens with one attached hydrogen (secondary N) is 1. The summed E-state index contributed by atoms with van der Waals surface area (Å²) in [5.74, 6) is 0.763. The lowest BCUT2D eigenvalue weighted by molar-refractivity contribution is -0.122. The first-order valence-electron chi connectivity index (χ1n) is 7.87. The zero-order valence-electron chi connectivity index (χ0n) is 13.0. The molecule has 1 aromatic carbocycles. The van der Waals surface area contributed by atoms with Crippen LogP contribution < -0.4 is 10.1 Å². The van der Waals surface area contributed by atoms with Crippen molar-refractivity contribution in [2.24, 2.45) is 0 Å². The predicted octanol–water partition coefficient (Wildman–Crippen LogP) is 1.76. The van der Waals surface area contributed by atoms with Crippen molar-refractivity contribution in [3.8, 4) is 5.75 Å². The van der Waals surface area contributed by atoms with Crippen molar-refractivity contribution in [1.82, 2.24) is 15.1 Å². The van der Waals surface area contributed by atoms with Crippen LogP contribution in [0.1, 0.15) is 18.4 Å². The summed E-state index contributed by atoms with van der Waals surface area (Å²) in [4.78, 5) is 11.8. The van der Waals surface area contributed by atoms with Crippen LogP contribution in [0.4, 0.5) is 0 Å². The summed E-state index contributed by atoms with van der Waals surface area (Å²) >= 11 is 0. The molecular formula is C17H21N3O3. The lowest BCUT2D eigenvalue weighted by Crippen LogP contribution is -2.27. The van der Waals surface area contributed by atoms with Gasteiger partial charge < -0.3 is 14.8 Å². The van der Waals surface area contributed by atoms with E-state index >= 15 is 0 Å². The third kappa shape index (κ3) is 4.82. The predicted molar refractivity (Wildman–Crippen MR) is 85.0 cm³/mol. The number of rotatable bonds is 7. The van der Waals surface area contributed by atoms with E-state index in [1.54, 1.807) is 23.1 Å². The monoisotopic (exact) mass is 315 g/mol. The van der Waals surface area contributed by atoms with E-state index in [1.165, 1.54) is 0 Å². The number of amides is 1. The minimum atomic E-state index is -0.0626. The van der Waals surface area contributed by atoms with Crippen LogP contribution in [0.5, 0.6) is 5.75 Å². The molecular weight excluding hydrogens is 294 g/mol. The molecule has 1 aliphatic rings. The smallest absolute Gasteiger partial charge is 0.241 e. The standard InChI is InChI=1S/C17H21N3O3/c21-17(12-20-9-2-8-19-20)18-11-14-4-6-15(7-5-14)23-13-16-3-1-10-22-16/h2,4-9,16H,1,3,10-13H2,(H,18,21)/t16-/m1/s1. The molecule has 6 heteroatoms. The topological polar surface area (TPSA) is 65.4 Å². The normalized spacial score (nSPS) is 17.1. The molecule has 3 rings (SSSR count). The first-order valence-corrected chi connectivity index (χ1v) is 7.87. The summed E-state index contributed by atoms with van der Waals surface area (Å²) < 4.78 is 12.8. The molecule has 0 unspecified atom stereocenters. The van der Waals surface area contributed by atoms with Gasteiger partial charge in [0.1, 0.15) is 18.9 Å². The van der Waals surface area contributed by atoms with Crippen molar-refractivity contribution in [1.29, 1.82) is 0 Å². The number of carbonyl (C=O) groups excluding carboxylic acids is 1. The second-order valence-corrected chi connectivity index (χ2v) is 5.57. The number of hydrogen-bond donors (Lipinski definition) is 1. The van der Waals surface area contributed by atoms with Crippen LogP contribution in [0.2, 0.25) is 0 Å². The highest BCUT2D eigenvalue weighted by atomic mass is 16.5. The molecule has 23 heavy (non-hydrogen) atoms. The van der Waals surface area contributed by atoms with E-state index in [0.29, 0.717) is 13.2 Å². The van der Waals surface area contributed by atoms with Crippen molar-refractivity contribution in [3.63, 3.8) is 0 Å². The van der Waals surface area contributed by atoms with Gasteiger partial charge in [-0.1, -0.05) is 12.1 Å². The molecule has 122 valence electrons. The lowest BCUT2D eigenvalue weighted by Gasteiger charge is -2.12. The largest absolute Gasteiger partial charge is 0.491 e. The summed E-state index contributed by atoms with van der Waals surface area (Å²) in [5.41, 5.74) is 1.03. The van der Waals surface area contributed by atoms with Gasteiger partial charge in [-0.15, -0.1) is 0 Å². The Morgan fingerprint density at radius 1 is 1.39 bits per heavy atom. The van der Waals surface area contributed by atoms with E-state index in [2.05, 4.69) is 10.4 Å². The molecule has 0 bridgehead atoms. The Hall–Kier alpha value is -2.34. The number of nitrogens with zero attached hydrogens (tertiary/aromatic N) is 2. The van der Waals surface area contributed by atoms with Crippen molar-refractivity contribution in [2.45, 2.75) is 32.0 Å². The van der Waals surface area contributed by atoms with Crippen molar-refractivity contribution < 1.29 is 14.3 Å². The highest BCUT2D eigenvalue weighted by molar-refractivity contribution is 5.75. The SMILES string of the molecule is O=C(Cn1cccn1)NCc1ccc(OC[C@H]2CCCO2)cc1. The van der Waals surface area contributed by atoms with Crippen molar-refractivity contribution in [2.75, 3.05) is 13.2 Å². The van der Waals surface area contributed by atoms with Crippen LogP contribution >= 0.6 is 0 Å². The van der Waals surface area contributed by atoms with E-state index in [0.717, 1.165) is 30.8 Å². The third-order valence-electron chi connectivity index (χ3n) is 3.74. The maximum Gasteiger partial charge on any atom is 0.241 e. The van der Waals surface area contributed by atoms with Gasteiger partial charge in [-0.05, 0) is 36.6 Å². The first kappa shape index (κ1) is 15.6. The van der Waals surface area contributed by atoms with Crippen LogP contribution in [0.15, 0.2) is 42.7 Å². The van der Waals surface area contributed by atoms with Crippen LogP contribution in [0, 0.1) is 0 Å². The van der Waals surface area contributed by atoms with Gasteiger partial charge >= 0.3 is 0 Å². The van der Waals surface area contributed by atoms with Gasteiger partial charge in [-0.25, -0.2) is 0 Å². The van der Waals surface area contributed by atoms with Gasteiger partial charge in [0.05, 0.1) is 6.10 Å². The van der Waals surface area contributed by atoms with E-state index in [1.807, 2.05) is 24.3 Å². The van der Waals surface area contributed by atoms with Gasteiger partial charge in [0, 0.05) is 25.5 Å². The molecule has 1 fully saturated rings. The summed E-state index contributed by atoms with van der Waals surface area (Å²) in [6.07, 6.45) is 5.82. The second kappa shape index (κ2) is 7.78. The fourth-order valence-electron chi connectivity index (χ4n) is 2.47. The molecule has 1 atom stereocenters. The van der Waals surface area contributed by atoms with E-state index in [-0.39, 0.29) is 18.6 Å². The van der Waals surface area contributed by atoms with Gasteiger partial charge in [0.2, 0.25) is 5.91 Å². The summed E-state index contributed by atoms with van der Waals surface area (Å²) in [7, 11) is 0. The molecule has 2 aromatic rings. The molecule has 0 radical (unpaired) electrons. The fraction of sp³-hybridized carbons (Fsp3) is 0.412. The Balaban J connectivity index is 1.41. The maximum atomic E-state index is 11.8. The molecule has 0 aliphatic carbocycles. The third-order valence-corrected chi connectivity index (χ3v) is 3.74.